The molecule has 0 saturated heterocycles. The van der Waals surface area contributed by atoms with Crippen molar-refractivity contribution < 1.29 is 0 Å². The fourth-order valence-electron chi connectivity index (χ4n) is 8.62. The Labute approximate surface area is 362 Å². The quantitative estimate of drug-likeness (QED) is 0.173. The molecule has 9 aromatic rings. The van der Waals surface area contributed by atoms with Gasteiger partial charge in [-0.15, -0.1) is 0 Å². The molecular formula is C60H55N. The van der Waals surface area contributed by atoms with Crippen molar-refractivity contribution in [3.63, 3.8) is 0 Å². The predicted octanol–water partition coefficient (Wildman–Crippen LogP) is 15.8. The second-order valence-electron chi connectivity index (χ2n) is 15.9. The zero-order valence-electron chi connectivity index (χ0n) is 35.9. The van der Waals surface area contributed by atoms with E-state index >= 15 is 0 Å². The van der Waals surface area contributed by atoms with Crippen molar-refractivity contribution in [3.05, 3.63) is 256 Å². The number of hydrogen-bond donors (Lipinski definition) is 1. The smallest absolute Gasteiger partial charge is 0.0349 e. The lowest BCUT2D eigenvalue weighted by molar-refractivity contribution is 0.992. The van der Waals surface area contributed by atoms with Gasteiger partial charge < -0.3 is 5.73 Å². The molecule has 2 aliphatic rings. The molecule has 11 rings (SSSR count). The van der Waals surface area contributed by atoms with Crippen LogP contribution < -0.4 is 5.73 Å². The molecule has 1 heteroatoms. The molecule has 0 bridgehead atoms. The monoisotopic (exact) mass is 789 g/mol. The first-order valence-corrected chi connectivity index (χ1v) is 21.8. The van der Waals surface area contributed by atoms with Crippen LogP contribution in [-0.4, -0.2) is 0 Å². The van der Waals surface area contributed by atoms with E-state index < -0.39 is 0 Å². The highest BCUT2D eigenvalue weighted by atomic mass is 14.6. The summed E-state index contributed by atoms with van der Waals surface area (Å²) >= 11 is 0. The Hall–Kier alpha value is -6.96. The van der Waals surface area contributed by atoms with E-state index in [-0.39, 0.29) is 0 Å². The van der Waals surface area contributed by atoms with Crippen LogP contribution in [0.25, 0.3) is 44.3 Å². The van der Waals surface area contributed by atoms with Gasteiger partial charge in [0.1, 0.15) is 0 Å². The van der Waals surface area contributed by atoms with Gasteiger partial charge in [0.05, 0.1) is 0 Å². The minimum absolute atomic E-state index is 0.551. The number of hydrogen-bond acceptors (Lipinski definition) is 1. The predicted molar refractivity (Wildman–Crippen MR) is 264 cm³/mol. The molecule has 0 fully saturated rings. The molecule has 0 saturated carbocycles. The maximum atomic E-state index is 6.07. The van der Waals surface area contributed by atoms with Crippen LogP contribution >= 0.6 is 0 Å². The van der Waals surface area contributed by atoms with Crippen LogP contribution in [0.3, 0.4) is 0 Å². The minimum Gasteiger partial charge on any atom is -0.398 e. The Morgan fingerprint density at radius 3 is 1.72 bits per heavy atom. The van der Waals surface area contributed by atoms with Gasteiger partial charge in [0.2, 0.25) is 0 Å². The van der Waals surface area contributed by atoms with Crippen molar-refractivity contribution in [1.82, 2.24) is 0 Å². The SMILES string of the molecule is C1=C(c2ccccc2)CCc2cc(C3c4ccccc43)ccc21.CC.Cc1ccc(C)c2ccccc12.Nc1ccccc1Cc1ccc2cc(-c3ccccc3)ccc2c1. The Balaban J connectivity index is 0.000000130. The number of allylic oxidation sites excluding steroid dienone is 1. The molecule has 2 N–H and O–H groups in total. The standard InChI is InChI=1S/C23H19N.C23H18.C12H12.C2H6/c24-23-9-5-4-8-22(23)15-17-10-11-21-16-20(13-12-19(21)14-17)18-6-2-1-3-7-18;1-2-6-16(7-3-1)17-10-11-19-15-20(13-12-18(19)14-17)23-21-8-4-5-9-22(21)23;1-9-7-8-10(2)12-6-4-3-5-11(9)12;1-2/h1-14,16H,15,24H2;1-9,12-15,23H,10-11H2;3-8H,1-2H3;1-2H3. The number of para-hydroxylation sites is 1. The normalized spacial score (nSPS) is 12.3. The lowest BCUT2D eigenvalue weighted by Crippen LogP contribution is -2.00. The Bertz CT molecular complexity index is 2870. The average molecular weight is 790 g/mol. The first kappa shape index (κ1) is 40.8. The van der Waals surface area contributed by atoms with Gasteiger partial charge in [0.15, 0.2) is 0 Å². The van der Waals surface area contributed by atoms with E-state index in [0.29, 0.717) is 5.92 Å². The summed E-state index contributed by atoms with van der Waals surface area (Å²) in [6.45, 7) is 8.31. The largest absolute Gasteiger partial charge is 0.398 e. The lowest BCUT2D eigenvalue weighted by atomic mass is 9.87. The number of nitrogens with two attached hydrogens (primary N) is 1. The van der Waals surface area contributed by atoms with Gasteiger partial charge >= 0.3 is 0 Å². The van der Waals surface area contributed by atoms with E-state index in [0.717, 1.165) is 24.9 Å². The van der Waals surface area contributed by atoms with Crippen LogP contribution in [-0.2, 0) is 12.8 Å². The molecule has 0 heterocycles. The van der Waals surface area contributed by atoms with E-state index in [1.54, 1.807) is 0 Å². The number of anilines is 1. The molecule has 0 radical (unpaired) electrons. The molecular weight excluding hydrogens is 735 g/mol. The Kier molecular flexibility index (Phi) is 12.7. The fourth-order valence-corrected chi connectivity index (χ4v) is 8.62. The van der Waals surface area contributed by atoms with E-state index in [1.807, 2.05) is 38.1 Å². The maximum Gasteiger partial charge on any atom is 0.0349 e. The molecule has 0 aromatic heterocycles. The topological polar surface area (TPSA) is 26.0 Å². The highest BCUT2D eigenvalue weighted by Gasteiger charge is 2.33. The van der Waals surface area contributed by atoms with E-state index in [1.165, 1.54) is 93.9 Å². The summed E-state index contributed by atoms with van der Waals surface area (Å²) in [5.41, 5.74) is 24.8. The van der Waals surface area contributed by atoms with E-state index in [4.69, 9.17) is 5.73 Å². The second kappa shape index (κ2) is 19.0. The van der Waals surface area contributed by atoms with Crippen LogP contribution in [0.15, 0.2) is 200 Å². The molecule has 1 nitrogen and oxygen atoms in total. The van der Waals surface area contributed by atoms with Crippen LogP contribution in [0.5, 0.6) is 0 Å². The van der Waals surface area contributed by atoms with Crippen molar-refractivity contribution >= 4 is 38.9 Å². The number of aryl methyl sites for hydroxylation is 3. The molecule has 0 atom stereocenters. The van der Waals surface area contributed by atoms with Gasteiger partial charge in [0, 0.05) is 11.6 Å². The fraction of sp³-hybridized carbons (Fsp3) is 0.133. The van der Waals surface area contributed by atoms with Gasteiger partial charge in [-0.1, -0.05) is 208 Å². The molecule has 9 aromatic carbocycles. The molecule has 0 spiro atoms. The van der Waals surface area contributed by atoms with Crippen LogP contribution in [0.4, 0.5) is 5.69 Å². The van der Waals surface area contributed by atoms with Gasteiger partial charge in [-0.25, -0.2) is 0 Å². The maximum absolute atomic E-state index is 6.07. The summed E-state index contributed by atoms with van der Waals surface area (Å²) in [6.07, 6.45) is 5.52. The third kappa shape index (κ3) is 9.43. The summed E-state index contributed by atoms with van der Waals surface area (Å²) in [4.78, 5) is 0. The van der Waals surface area contributed by atoms with Gasteiger partial charge in [-0.05, 0) is 139 Å². The van der Waals surface area contributed by atoms with Crippen molar-refractivity contribution in [2.75, 3.05) is 5.73 Å². The molecule has 2 aliphatic carbocycles. The van der Waals surface area contributed by atoms with Crippen LogP contribution in [0.2, 0.25) is 0 Å². The Morgan fingerprint density at radius 1 is 0.475 bits per heavy atom. The van der Waals surface area contributed by atoms with Crippen molar-refractivity contribution in [3.8, 4) is 11.1 Å². The van der Waals surface area contributed by atoms with Crippen LogP contribution in [0, 0.1) is 13.8 Å². The van der Waals surface area contributed by atoms with E-state index in [9.17, 15) is 0 Å². The minimum atomic E-state index is 0.551. The molecule has 0 aliphatic heterocycles. The second-order valence-corrected chi connectivity index (χ2v) is 15.9. The molecule has 61 heavy (non-hydrogen) atoms. The summed E-state index contributed by atoms with van der Waals surface area (Å²) in [5.74, 6) is 0.551. The summed E-state index contributed by atoms with van der Waals surface area (Å²) in [6, 6.07) is 71.4. The van der Waals surface area contributed by atoms with Crippen molar-refractivity contribution in [1.29, 1.82) is 0 Å². The van der Waals surface area contributed by atoms with Gasteiger partial charge in [0.25, 0.3) is 0 Å². The highest BCUT2D eigenvalue weighted by molar-refractivity contribution is 5.89. The molecule has 0 amide bonds. The highest BCUT2D eigenvalue weighted by Crippen LogP contribution is 2.48. The number of benzene rings is 9. The summed E-state index contributed by atoms with van der Waals surface area (Å²) < 4.78 is 0. The van der Waals surface area contributed by atoms with E-state index in [2.05, 4.69) is 196 Å². The summed E-state index contributed by atoms with van der Waals surface area (Å²) in [5, 5.41) is 5.28. The third-order valence-corrected chi connectivity index (χ3v) is 12.0. The molecule has 0 unspecified atom stereocenters. The number of fused-ring (bicyclic) bond motifs is 4. The number of rotatable bonds is 5. The summed E-state index contributed by atoms with van der Waals surface area (Å²) in [7, 11) is 0. The van der Waals surface area contributed by atoms with Crippen LogP contribution in [0.1, 0.15) is 81.8 Å². The first-order valence-electron chi connectivity index (χ1n) is 21.8. The average Bonchev–Trinajstić information content (AvgIpc) is 4.07. The number of nitrogen functional groups attached to an aromatic ring is 1. The van der Waals surface area contributed by atoms with Gasteiger partial charge in [-0.3, -0.25) is 0 Å². The zero-order valence-corrected chi connectivity index (χ0v) is 35.9. The lowest BCUT2D eigenvalue weighted by Gasteiger charge is -2.18. The molecule has 300 valence electrons. The van der Waals surface area contributed by atoms with Crippen molar-refractivity contribution in [2.45, 2.75) is 52.9 Å². The first-order chi connectivity index (χ1) is 30.0. The Morgan fingerprint density at radius 2 is 1.05 bits per heavy atom. The third-order valence-electron chi connectivity index (χ3n) is 12.0. The van der Waals surface area contributed by atoms with Crippen molar-refractivity contribution in [2.24, 2.45) is 0 Å². The van der Waals surface area contributed by atoms with Gasteiger partial charge in [-0.2, -0.15) is 0 Å². The zero-order chi connectivity index (χ0) is 42.1.